The smallest absolute Gasteiger partial charge is 0.150 e. The van der Waals surface area contributed by atoms with Crippen LogP contribution in [0.1, 0.15) is 5.56 Å². The predicted octanol–water partition coefficient (Wildman–Crippen LogP) is 2.97. The second kappa shape index (κ2) is 5.07. The number of hydrogen-bond donors (Lipinski definition) is 2. The average molecular weight is 270 g/mol. The van der Waals surface area contributed by atoms with Gasteiger partial charge in [0.05, 0.1) is 17.9 Å². The topological polar surface area (TPSA) is 55.1 Å². The molecular weight excluding hydrogens is 256 g/mol. The van der Waals surface area contributed by atoms with E-state index >= 15 is 0 Å². The maximum absolute atomic E-state index is 11.6. The first-order valence-corrected chi connectivity index (χ1v) is 6.97. The lowest BCUT2D eigenvalue weighted by atomic mass is 10.1. The van der Waals surface area contributed by atoms with Gasteiger partial charge in [0.15, 0.2) is 5.78 Å². The minimum absolute atomic E-state index is 0.0547. The standard InChI is InChI=1S/C15H14N2OS/c16-9-11(18)8-10-4-3-7-14-15(10)17-12-5-1-2-6-13(12)19-14/h1-7,17H,8-9,16H2. The summed E-state index contributed by atoms with van der Waals surface area (Å²) in [6.45, 7) is 0.0907. The van der Waals surface area contributed by atoms with Crippen molar-refractivity contribution in [3.63, 3.8) is 0 Å². The fourth-order valence-electron chi connectivity index (χ4n) is 2.15. The van der Waals surface area contributed by atoms with Crippen LogP contribution in [-0.2, 0) is 11.2 Å². The average Bonchev–Trinajstić information content (AvgIpc) is 2.45. The van der Waals surface area contributed by atoms with Crippen molar-refractivity contribution in [1.82, 2.24) is 0 Å². The van der Waals surface area contributed by atoms with Crippen LogP contribution in [0.2, 0.25) is 0 Å². The Labute approximate surface area is 116 Å². The van der Waals surface area contributed by atoms with Gasteiger partial charge in [0, 0.05) is 16.2 Å². The van der Waals surface area contributed by atoms with Crippen molar-refractivity contribution in [3.05, 3.63) is 48.0 Å². The summed E-state index contributed by atoms with van der Waals surface area (Å²) < 4.78 is 0. The van der Waals surface area contributed by atoms with Gasteiger partial charge in [-0.05, 0) is 23.8 Å². The Kier molecular flexibility index (Phi) is 3.27. The van der Waals surface area contributed by atoms with E-state index in [-0.39, 0.29) is 12.3 Å². The highest BCUT2D eigenvalue weighted by atomic mass is 32.2. The molecular formula is C15H14N2OS. The minimum Gasteiger partial charge on any atom is -0.353 e. The molecule has 0 aliphatic carbocycles. The van der Waals surface area contributed by atoms with Crippen molar-refractivity contribution < 1.29 is 4.79 Å². The molecule has 4 heteroatoms. The molecule has 1 aliphatic rings. The van der Waals surface area contributed by atoms with Gasteiger partial charge in [-0.15, -0.1) is 0 Å². The third-order valence-corrected chi connectivity index (χ3v) is 4.23. The quantitative estimate of drug-likeness (QED) is 0.768. The molecule has 3 nitrogen and oxygen atoms in total. The van der Waals surface area contributed by atoms with Crippen molar-refractivity contribution in [2.24, 2.45) is 5.73 Å². The molecule has 0 amide bonds. The molecule has 0 radical (unpaired) electrons. The highest BCUT2D eigenvalue weighted by Crippen LogP contribution is 2.45. The number of rotatable bonds is 3. The first-order valence-electron chi connectivity index (χ1n) is 6.15. The number of anilines is 2. The number of nitrogens with two attached hydrogens (primary N) is 1. The lowest BCUT2D eigenvalue weighted by molar-refractivity contribution is -0.117. The van der Waals surface area contributed by atoms with E-state index in [1.807, 2.05) is 30.3 Å². The molecule has 1 aliphatic heterocycles. The highest BCUT2D eigenvalue weighted by molar-refractivity contribution is 7.99. The fraction of sp³-hybridized carbons (Fsp3) is 0.133. The van der Waals surface area contributed by atoms with Crippen molar-refractivity contribution in [2.75, 3.05) is 11.9 Å². The normalized spacial score (nSPS) is 12.3. The lowest BCUT2D eigenvalue weighted by Gasteiger charge is -2.23. The largest absolute Gasteiger partial charge is 0.353 e. The van der Waals surface area contributed by atoms with Crippen molar-refractivity contribution >= 4 is 28.9 Å². The van der Waals surface area contributed by atoms with Gasteiger partial charge in [0.25, 0.3) is 0 Å². The first kappa shape index (κ1) is 12.3. The van der Waals surface area contributed by atoms with Crippen LogP contribution in [-0.4, -0.2) is 12.3 Å². The first-order chi connectivity index (χ1) is 9.28. The summed E-state index contributed by atoms with van der Waals surface area (Å²) >= 11 is 1.73. The summed E-state index contributed by atoms with van der Waals surface area (Å²) in [6.07, 6.45) is 0.384. The van der Waals surface area contributed by atoms with Gasteiger partial charge < -0.3 is 11.1 Å². The van der Waals surface area contributed by atoms with Gasteiger partial charge >= 0.3 is 0 Å². The van der Waals surface area contributed by atoms with E-state index in [4.69, 9.17) is 5.73 Å². The summed E-state index contributed by atoms with van der Waals surface area (Å²) in [5.74, 6) is 0.0547. The molecule has 3 rings (SSSR count). The van der Waals surface area contributed by atoms with Crippen molar-refractivity contribution in [2.45, 2.75) is 16.2 Å². The zero-order valence-corrected chi connectivity index (χ0v) is 11.2. The number of Topliss-reactive ketones (excluding diaryl/α,β-unsaturated/α-hetero) is 1. The molecule has 0 unspecified atom stereocenters. The molecule has 0 spiro atoms. The van der Waals surface area contributed by atoms with E-state index < -0.39 is 0 Å². The van der Waals surface area contributed by atoms with E-state index in [0.717, 1.165) is 21.8 Å². The predicted molar refractivity (Wildman–Crippen MR) is 78.1 cm³/mol. The molecule has 19 heavy (non-hydrogen) atoms. The second-order valence-electron chi connectivity index (χ2n) is 4.43. The second-order valence-corrected chi connectivity index (χ2v) is 5.52. The highest BCUT2D eigenvalue weighted by Gasteiger charge is 2.18. The van der Waals surface area contributed by atoms with E-state index in [9.17, 15) is 4.79 Å². The summed E-state index contributed by atoms with van der Waals surface area (Å²) in [4.78, 5) is 13.9. The van der Waals surface area contributed by atoms with E-state index in [2.05, 4.69) is 17.4 Å². The summed E-state index contributed by atoms with van der Waals surface area (Å²) in [5, 5.41) is 3.42. The van der Waals surface area contributed by atoms with Crippen LogP contribution in [0.3, 0.4) is 0 Å². The van der Waals surface area contributed by atoms with Gasteiger partial charge in [-0.1, -0.05) is 36.0 Å². The van der Waals surface area contributed by atoms with Crippen LogP contribution in [0.15, 0.2) is 52.3 Å². The molecule has 1 heterocycles. The van der Waals surface area contributed by atoms with Crippen LogP contribution in [0.4, 0.5) is 11.4 Å². The third kappa shape index (κ3) is 2.37. The maximum Gasteiger partial charge on any atom is 0.150 e. The Bertz CT molecular complexity index is 640. The molecule has 2 aromatic rings. The Morgan fingerprint density at radius 3 is 2.74 bits per heavy atom. The Morgan fingerprint density at radius 1 is 1.11 bits per heavy atom. The van der Waals surface area contributed by atoms with Crippen LogP contribution >= 0.6 is 11.8 Å². The summed E-state index contributed by atoms with van der Waals surface area (Å²) in [6, 6.07) is 14.2. The van der Waals surface area contributed by atoms with Crippen LogP contribution in [0.25, 0.3) is 0 Å². The van der Waals surface area contributed by atoms with Gasteiger partial charge in [0.1, 0.15) is 0 Å². The van der Waals surface area contributed by atoms with E-state index in [1.165, 1.54) is 4.90 Å². The van der Waals surface area contributed by atoms with E-state index in [0.29, 0.717) is 6.42 Å². The molecule has 2 aromatic carbocycles. The number of carbonyl (C=O) groups is 1. The van der Waals surface area contributed by atoms with Gasteiger partial charge in [0.2, 0.25) is 0 Å². The van der Waals surface area contributed by atoms with Crippen molar-refractivity contribution in [1.29, 1.82) is 0 Å². The van der Waals surface area contributed by atoms with Crippen molar-refractivity contribution in [3.8, 4) is 0 Å². The van der Waals surface area contributed by atoms with Gasteiger partial charge in [-0.25, -0.2) is 0 Å². The molecule has 0 saturated heterocycles. The van der Waals surface area contributed by atoms with Gasteiger partial charge in [-0.2, -0.15) is 0 Å². The van der Waals surface area contributed by atoms with E-state index in [1.54, 1.807) is 11.8 Å². The lowest BCUT2D eigenvalue weighted by Crippen LogP contribution is -2.16. The molecule has 0 aromatic heterocycles. The monoisotopic (exact) mass is 270 g/mol. The zero-order valence-electron chi connectivity index (χ0n) is 10.3. The Balaban J connectivity index is 1.99. The number of hydrogen-bond acceptors (Lipinski definition) is 4. The summed E-state index contributed by atoms with van der Waals surface area (Å²) in [5.41, 5.74) is 8.53. The molecule has 0 bridgehead atoms. The number of fused-ring (bicyclic) bond motifs is 2. The molecule has 0 fully saturated rings. The Morgan fingerprint density at radius 2 is 1.89 bits per heavy atom. The maximum atomic E-state index is 11.6. The van der Waals surface area contributed by atoms with Crippen LogP contribution in [0, 0.1) is 0 Å². The zero-order chi connectivity index (χ0) is 13.2. The Hall–Kier alpha value is -1.78. The molecule has 0 saturated carbocycles. The minimum atomic E-state index is 0.0547. The van der Waals surface area contributed by atoms with Crippen LogP contribution in [0.5, 0.6) is 0 Å². The third-order valence-electron chi connectivity index (χ3n) is 3.09. The van der Waals surface area contributed by atoms with Crippen LogP contribution < -0.4 is 11.1 Å². The SMILES string of the molecule is NCC(=O)Cc1cccc2c1Nc1ccccc1S2. The molecule has 0 atom stereocenters. The molecule has 3 N–H and O–H groups in total. The number of para-hydroxylation sites is 2. The number of nitrogens with one attached hydrogen (secondary N) is 1. The molecule has 96 valence electrons. The number of benzene rings is 2. The van der Waals surface area contributed by atoms with Gasteiger partial charge in [-0.3, -0.25) is 4.79 Å². The number of ketones is 1. The number of carbonyl (C=O) groups excluding carboxylic acids is 1. The fourth-order valence-corrected chi connectivity index (χ4v) is 3.19. The summed E-state index contributed by atoms with van der Waals surface area (Å²) in [7, 11) is 0.